The number of unbranched alkanes of at least 4 members (excludes halogenated alkanes) is 1. The first kappa shape index (κ1) is 49.5. The molecule has 37 heavy (non-hydrogen) atoms. The maximum atomic E-state index is 10.9. The van der Waals surface area contributed by atoms with Crippen molar-refractivity contribution in [1.29, 1.82) is 0 Å². The second-order valence-electron chi connectivity index (χ2n) is 6.19. The summed E-state index contributed by atoms with van der Waals surface area (Å²) >= 11 is 9.53. The number of ether oxygens (including phenoxy) is 1. The number of rotatable bonds is 13. The number of amides is 2. The van der Waals surface area contributed by atoms with Crippen molar-refractivity contribution in [3.63, 3.8) is 0 Å². The Labute approximate surface area is 256 Å². The van der Waals surface area contributed by atoms with Crippen LogP contribution in [-0.4, -0.2) is 72.7 Å². The van der Waals surface area contributed by atoms with Crippen LogP contribution in [0, 0.1) is 0 Å². The van der Waals surface area contributed by atoms with Gasteiger partial charge < -0.3 is 20.5 Å². The van der Waals surface area contributed by atoms with Gasteiger partial charge in [0.25, 0.3) is 0 Å². The van der Waals surface area contributed by atoms with Crippen LogP contribution < -0.4 is 45.3 Å². The molecule has 0 saturated heterocycles. The second kappa shape index (κ2) is 37.7. The molecule has 0 radical (unpaired) electrons. The number of alkyl halides is 2. The van der Waals surface area contributed by atoms with Gasteiger partial charge in [0.1, 0.15) is 0 Å². The summed E-state index contributed by atoms with van der Waals surface area (Å²) in [6, 6.07) is 0. The number of sulfone groups is 2. The van der Waals surface area contributed by atoms with Gasteiger partial charge in [0.15, 0.2) is 19.7 Å². The Hall–Kier alpha value is -0.440. The quantitative estimate of drug-likeness (QED) is 0.158. The molecule has 0 saturated carbocycles. The topological polar surface area (TPSA) is 159 Å². The molecule has 0 aliphatic carbocycles. The smallest absolute Gasteiger partial charge is 0.854 e. The van der Waals surface area contributed by atoms with E-state index in [-0.39, 0.29) is 65.7 Å². The summed E-state index contributed by atoms with van der Waals surface area (Å²) < 4.78 is 47.0. The Balaban J connectivity index is -0.0000000891. The summed E-state index contributed by atoms with van der Waals surface area (Å²) in [5.41, 5.74) is 0. The summed E-state index contributed by atoms with van der Waals surface area (Å²) in [5, 5.41) is 17.5. The number of carbonyl (C=O) groups is 2. The number of hydrogen-bond donors (Lipinski definition) is 2. The first-order valence-electron chi connectivity index (χ1n) is 10.8. The average Bonchev–Trinajstić information content (AvgIpc) is 2.82. The van der Waals surface area contributed by atoms with E-state index in [9.17, 15) is 31.5 Å². The van der Waals surface area contributed by atoms with E-state index in [2.05, 4.69) is 30.4 Å². The van der Waals surface area contributed by atoms with E-state index in [0.29, 0.717) is 13.2 Å². The van der Waals surface area contributed by atoms with Gasteiger partial charge in [0.05, 0.1) is 24.3 Å². The van der Waals surface area contributed by atoms with Gasteiger partial charge in [-0.3, -0.25) is 9.59 Å². The maximum Gasteiger partial charge on any atom is 1.00 e. The summed E-state index contributed by atoms with van der Waals surface area (Å²) in [4.78, 5) is 20.5. The number of halogens is 2. The molecule has 0 aliphatic rings. The molecule has 0 fully saturated rings. The van der Waals surface area contributed by atoms with Crippen LogP contribution in [0.15, 0.2) is 36.0 Å². The maximum absolute atomic E-state index is 10.9. The summed E-state index contributed by atoms with van der Waals surface area (Å²) in [6.07, 6.45) is 2.88. The largest absolute Gasteiger partial charge is 1.00 e. The molecule has 0 rings (SSSR count). The Bertz CT molecular complexity index is 751. The fraction of sp³-hybridized carbons (Fsp3) is 0.636. The van der Waals surface area contributed by atoms with E-state index in [0.717, 1.165) is 42.0 Å². The molecule has 216 valence electrons. The first-order valence-corrected chi connectivity index (χ1v) is 15.2. The Morgan fingerprint density at radius 2 is 1.30 bits per heavy atom. The molecule has 0 heterocycles. The molecule has 0 aromatic carbocycles. The monoisotopic (exact) mass is 620 g/mol. The van der Waals surface area contributed by atoms with Crippen LogP contribution in [0.4, 0.5) is 0 Å². The summed E-state index contributed by atoms with van der Waals surface area (Å²) in [7, 11) is -6.30. The van der Waals surface area contributed by atoms with E-state index in [1.54, 1.807) is 0 Å². The van der Waals surface area contributed by atoms with Crippen molar-refractivity contribution < 1.29 is 65.8 Å². The summed E-state index contributed by atoms with van der Waals surface area (Å²) in [6.45, 7) is 17.9. The Kier molecular flexibility index (Phi) is 50.5. The van der Waals surface area contributed by atoms with Gasteiger partial charge in [0, 0.05) is 43.2 Å². The van der Waals surface area contributed by atoms with Gasteiger partial charge >= 0.3 is 29.6 Å². The SMILES string of the molecule is C=CS(=O)(=O)C=C.C=CS(=O)(=O)CCOCCNC(C)=O.CCCC[O-].CCCNC(C)=O.ClCCl.[Na+]. The van der Waals surface area contributed by atoms with Gasteiger partial charge in [-0.25, -0.2) is 16.8 Å². The van der Waals surface area contributed by atoms with Crippen LogP contribution >= 0.6 is 23.2 Å². The zero-order valence-electron chi connectivity index (χ0n) is 22.8. The zero-order valence-corrected chi connectivity index (χ0v) is 27.9. The molecule has 2 amide bonds. The number of hydrogen-bond acceptors (Lipinski definition) is 8. The third-order valence-corrected chi connectivity index (χ3v) is 5.15. The van der Waals surface area contributed by atoms with Gasteiger partial charge in [-0.1, -0.05) is 46.4 Å². The average molecular weight is 622 g/mol. The molecular weight excluding hydrogens is 578 g/mol. The molecule has 2 N–H and O–H groups in total. The normalized spacial score (nSPS) is 9.27. The molecule has 0 spiro atoms. The molecule has 0 aliphatic heterocycles. The van der Waals surface area contributed by atoms with Gasteiger partial charge in [-0.2, -0.15) is 0 Å². The molecule has 0 unspecified atom stereocenters. The first-order chi connectivity index (χ1) is 16.7. The van der Waals surface area contributed by atoms with Crippen LogP contribution in [0.5, 0.6) is 0 Å². The van der Waals surface area contributed by atoms with E-state index in [1.165, 1.54) is 13.8 Å². The Morgan fingerprint density at radius 1 is 0.865 bits per heavy atom. The second-order valence-corrected chi connectivity index (χ2v) is 10.9. The third-order valence-electron chi connectivity index (χ3n) is 2.97. The van der Waals surface area contributed by atoms with E-state index in [4.69, 9.17) is 27.9 Å². The van der Waals surface area contributed by atoms with Crippen LogP contribution in [0.25, 0.3) is 0 Å². The van der Waals surface area contributed by atoms with E-state index in [1.807, 2.05) is 13.8 Å². The Morgan fingerprint density at radius 3 is 1.51 bits per heavy atom. The van der Waals surface area contributed by atoms with Crippen molar-refractivity contribution >= 4 is 54.7 Å². The number of carbonyl (C=O) groups excluding carboxylic acids is 2. The van der Waals surface area contributed by atoms with Crippen LogP contribution in [0.1, 0.15) is 47.0 Å². The van der Waals surface area contributed by atoms with Crippen molar-refractivity contribution in [3.8, 4) is 0 Å². The van der Waals surface area contributed by atoms with Crippen LogP contribution in [-0.2, 0) is 34.0 Å². The number of nitrogens with one attached hydrogen (secondary N) is 2. The van der Waals surface area contributed by atoms with Gasteiger partial charge in [-0.15, -0.1) is 29.8 Å². The molecule has 15 heteroatoms. The van der Waals surface area contributed by atoms with Crippen molar-refractivity contribution in [3.05, 3.63) is 36.0 Å². The van der Waals surface area contributed by atoms with Gasteiger partial charge in [0.2, 0.25) is 11.8 Å². The van der Waals surface area contributed by atoms with E-state index < -0.39 is 19.7 Å². The molecule has 0 aromatic heterocycles. The van der Waals surface area contributed by atoms with Crippen LogP contribution in [0.2, 0.25) is 0 Å². The minimum atomic E-state index is -3.17. The van der Waals surface area contributed by atoms with Crippen molar-refractivity contribution in [2.45, 2.75) is 47.0 Å². The zero-order chi connectivity index (χ0) is 29.5. The molecule has 0 aromatic rings. The molecule has 0 bridgehead atoms. The fourth-order valence-electron chi connectivity index (χ4n) is 1.17. The third kappa shape index (κ3) is 66.4. The molecule has 10 nitrogen and oxygen atoms in total. The minimum Gasteiger partial charge on any atom is -0.854 e. The van der Waals surface area contributed by atoms with Crippen molar-refractivity contribution in [2.75, 3.05) is 44.0 Å². The van der Waals surface area contributed by atoms with Crippen molar-refractivity contribution in [2.24, 2.45) is 0 Å². The van der Waals surface area contributed by atoms with E-state index >= 15 is 0 Å². The van der Waals surface area contributed by atoms with Gasteiger partial charge in [-0.05, 0) is 6.42 Å². The standard InChI is InChI=1S/C8H15NO4S.C5H11NO.C4H6O2S.C4H9O.CH2Cl2.Na/c1-3-14(11,12)7-6-13-5-4-9-8(2)10;1-3-4-6-5(2)7;1-3-7(5,6)4-2;1-2-3-4-5;2-1-3;/h3H,1,4-7H2,2H3,(H,9,10);3-4H2,1-2H3,(H,6,7);3-4H,1-2H2;2-4H2,1H3;1H2;/q;;;-1;;+1. The van der Waals surface area contributed by atoms with Crippen LogP contribution in [0.3, 0.4) is 0 Å². The summed E-state index contributed by atoms with van der Waals surface area (Å²) in [5.74, 6) is -0.148. The molecule has 0 atom stereocenters. The predicted octanol–water partition coefficient (Wildman–Crippen LogP) is -0.510. The predicted molar refractivity (Wildman–Crippen MR) is 148 cm³/mol. The molecular formula is C22H43Cl2N2NaO8S2. The van der Waals surface area contributed by atoms with Crippen molar-refractivity contribution in [1.82, 2.24) is 10.6 Å². The fourth-order valence-corrected chi connectivity index (χ4v) is 1.83. The minimum absolute atomic E-state index is 0.